The Morgan fingerprint density at radius 3 is 3.11 bits per heavy atom. The van der Waals surface area contributed by atoms with E-state index in [0.717, 1.165) is 31.7 Å². The Balaban J connectivity index is 2.08. The molecule has 0 radical (unpaired) electrons. The van der Waals surface area contributed by atoms with Gasteiger partial charge in [0, 0.05) is 32.2 Å². The van der Waals surface area contributed by atoms with Crippen molar-refractivity contribution in [3.63, 3.8) is 0 Å². The molecule has 0 amide bonds. The highest BCUT2D eigenvalue weighted by molar-refractivity contribution is 9.10. The van der Waals surface area contributed by atoms with E-state index in [1.165, 1.54) is 18.9 Å². The number of piperazine rings is 1. The SMILES string of the molecule is CCCC1CNCCN1Cc1cccc(F)c1Br. The molecule has 0 aliphatic carbocycles. The number of nitrogens with zero attached hydrogens (tertiary/aromatic N) is 1. The lowest BCUT2D eigenvalue weighted by Crippen LogP contribution is -2.50. The number of rotatable bonds is 4. The number of hydrogen-bond acceptors (Lipinski definition) is 2. The van der Waals surface area contributed by atoms with Crippen LogP contribution in [0.25, 0.3) is 0 Å². The van der Waals surface area contributed by atoms with Crippen LogP contribution in [0, 0.1) is 5.82 Å². The first kappa shape index (κ1) is 14.0. The zero-order chi connectivity index (χ0) is 13.0. The van der Waals surface area contributed by atoms with E-state index in [4.69, 9.17) is 0 Å². The Morgan fingerprint density at radius 1 is 1.50 bits per heavy atom. The third-order valence-corrected chi connectivity index (χ3v) is 4.39. The third-order valence-electron chi connectivity index (χ3n) is 3.50. The summed E-state index contributed by atoms with van der Waals surface area (Å²) in [4.78, 5) is 2.46. The number of benzene rings is 1. The summed E-state index contributed by atoms with van der Waals surface area (Å²) in [7, 11) is 0. The summed E-state index contributed by atoms with van der Waals surface area (Å²) in [6.07, 6.45) is 2.38. The van der Waals surface area contributed by atoms with Gasteiger partial charge in [-0.1, -0.05) is 25.5 Å². The predicted octanol–water partition coefficient (Wildman–Crippen LogP) is 3.16. The molecule has 0 aromatic heterocycles. The molecule has 1 N–H and O–H groups in total. The topological polar surface area (TPSA) is 15.3 Å². The third kappa shape index (κ3) is 3.31. The maximum absolute atomic E-state index is 13.5. The molecule has 1 fully saturated rings. The second-order valence-electron chi connectivity index (χ2n) is 4.83. The molecule has 1 heterocycles. The molecule has 1 aromatic carbocycles. The monoisotopic (exact) mass is 314 g/mol. The van der Waals surface area contributed by atoms with Crippen LogP contribution in [-0.2, 0) is 6.54 Å². The van der Waals surface area contributed by atoms with E-state index in [0.29, 0.717) is 10.5 Å². The van der Waals surface area contributed by atoms with Crippen LogP contribution in [0.15, 0.2) is 22.7 Å². The van der Waals surface area contributed by atoms with Crippen molar-refractivity contribution in [2.75, 3.05) is 19.6 Å². The molecule has 0 saturated carbocycles. The Labute approximate surface area is 117 Å². The lowest BCUT2D eigenvalue weighted by Gasteiger charge is -2.36. The van der Waals surface area contributed by atoms with Gasteiger partial charge in [0.1, 0.15) is 5.82 Å². The van der Waals surface area contributed by atoms with Gasteiger partial charge in [-0.05, 0) is 34.0 Å². The Morgan fingerprint density at radius 2 is 2.33 bits per heavy atom. The molecular formula is C14H20BrFN2. The lowest BCUT2D eigenvalue weighted by molar-refractivity contribution is 0.144. The molecule has 1 aromatic rings. The second-order valence-corrected chi connectivity index (χ2v) is 5.62. The molecule has 1 unspecified atom stereocenters. The van der Waals surface area contributed by atoms with Gasteiger partial charge in [-0.2, -0.15) is 0 Å². The average molecular weight is 315 g/mol. The fourth-order valence-corrected chi connectivity index (χ4v) is 2.91. The molecule has 2 nitrogen and oxygen atoms in total. The van der Waals surface area contributed by atoms with Crippen molar-refractivity contribution in [1.29, 1.82) is 0 Å². The minimum absolute atomic E-state index is 0.172. The summed E-state index contributed by atoms with van der Waals surface area (Å²) in [6.45, 7) is 6.14. The summed E-state index contributed by atoms with van der Waals surface area (Å²) in [6, 6.07) is 5.85. The molecule has 1 aliphatic rings. The van der Waals surface area contributed by atoms with Crippen molar-refractivity contribution >= 4 is 15.9 Å². The van der Waals surface area contributed by atoms with Crippen LogP contribution in [0.4, 0.5) is 4.39 Å². The lowest BCUT2D eigenvalue weighted by atomic mass is 10.1. The average Bonchev–Trinajstić information content (AvgIpc) is 2.37. The second kappa shape index (κ2) is 6.64. The maximum Gasteiger partial charge on any atom is 0.137 e. The van der Waals surface area contributed by atoms with E-state index in [1.807, 2.05) is 6.07 Å². The van der Waals surface area contributed by atoms with E-state index < -0.39 is 0 Å². The summed E-state index contributed by atoms with van der Waals surface area (Å²) in [5.41, 5.74) is 1.04. The minimum atomic E-state index is -0.172. The molecule has 4 heteroatoms. The standard InChI is InChI=1S/C14H20BrFN2/c1-2-4-12-9-17-7-8-18(12)10-11-5-3-6-13(16)14(11)15/h3,5-6,12,17H,2,4,7-10H2,1H3. The molecule has 2 rings (SSSR count). The number of hydrogen-bond donors (Lipinski definition) is 1. The highest BCUT2D eigenvalue weighted by Crippen LogP contribution is 2.23. The summed E-state index contributed by atoms with van der Waals surface area (Å²) < 4.78 is 14.1. The van der Waals surface area contributed by atoms with Crippen molar-refractivity contribution in [2.24, 2.45) is 0 Å². The zero-order valence-electron chi connectivity index (χ0n) is 10.8. The van der Waals surface area contributed by atoms with E-state index in [-0.39, 0.29) is 5.82 Å². The van der Waals surface area contributed by atoms with Gasteiger partial charge < -0.3 is 5.32 Å². The van der Waals surface area contributed by atoms with Gasteiger partial charge in [0.2, 0.25) is 0 Å². The van der Waals surface area contributed by atoms with Gasteiger partial charge in [0.25, 0.3) is 0 Å². The van der Waals surface area contributed by atoms with Crippen molar-refractivity contribution < 1.29 is 4.39 Å². The van der Waals surface area contributed by atoms with Gasteiger partial charge in [0.05, 0.1) is 4.47 Å². The van der Waals surface area contributed by atoms with Gasteiger partial charge in [-0.25, -0.2) is 4.39 Å². The van der Waals surface area contributed by atoms with Crippen LogP contribution in [0.2, 0.25) is 0 Å². The van der Waals surface area contributed by atoms with Crippen LogP contribution >= 0.6 is 15.9 Å². The molecule has 0 spiro atoms. The highest BCUT2D eigenvalue weighted by atomic mass is 79.9. The summed E-state index contributed by atoms with van der Waals surface area (Å²) >= 11 is 3.35. The first-order valence-corrected chi connectivity index (χ1v) is 7.39. The summed E-state index contributed by atoms with van der Waals surface area (Å²) in [5, 5.41) is 3.43. The fourth-order valence-electron chi connectivity index (χ4n) is 2.52. The van der Waals surface area contributed by atoms with Crippen molar-refractivity contribution in [2.45, 2.75) is 32.4 Å². The van der Waals surface area contributed by atoms with Crippen LogP contribution in [0.5, 0.6) is 0 Å². The number of halogens is 2. The zero-order valence-corrected chi connectivity index (χ0v) is 12.3. The minimum Gasteiger partial charge on any atom is -0.314 e. The van der Waals surface area contributed by atoms with Crippen LogP contribution < -0.4 is 5.32 Å². The maximum atomic E-state index is 13.5. The van der Waals surface area contributed by atoms with Gasteiger partial charge >= 0.3 is 0 Å². The molecular weight excluding hydrogens is 295 g/mol. The molecule has 1 aliphatic heterocycles. The first-order valence-electron chi connectivity index (χ1n) is 6.60. The van der Waals surface area contributed by atoms with Gasteiger partial charge in [0.15, 0.2) is 0 Å². The molecule has 100 valence electrons. The Hall–Kier alpha value is -0.450. The normalized spacial score (nSPS) is 21.2. The van der Waals surface area contributed by atoms with Crippen LogP contribution in [0.1, 0.15) is 25.3 Å². The molecule has 0 bridgehead atoms. The van der Waals surface area contributed by atoms with E-state index in [1.54, 1.807) is 6.07 Å². The van der Waals surface area contributed by atoms with Crippen molar-refractivity contribution in [3.05, 3.63) is 34.1 Å². The molecule has 18 heavy (non-hydrogen) atoms. The Bertz CT molecular complexity index is 395. The highest BCUT2D eigenvalue weighted by Gasteiger charge is 2.22. The van der Waals surface area contributed by atoms with Crippen molar-refractivity contribution in [3.8, 4) is 0 Å². The summed E-state index contributed by atoms with van der Waals surface area (Å²) in [5.74, 6) is -0.172. The van der Waals surface area contributed by atoms with Crippen molar-refractivity contribution in [1.82, 2.24) is 10.2 Å². The van der Waals surface area contributed by atoms with E-state index in [9.17, 15) is 4.39 Å². The Kier molecular flexibility index (Phi) is 5.15. The first-order chi connectivity index (χ1) is 8.72. The van der Waals surface area contributed by atoms with Crippen LogP contribution in [-0.4, -0.2) is 30.6 Å². The van der Waals surface area contributed by atoms with E-state index >= 15 is 0 Å². The van der Waals surface area contributed by atoms with Gasteiger partial charge in [-0.15, -0.1) is 0 Å². The molecule has 1 saturated heterocycles. The number of nitrogens with one attached hydrogen (secondary N) is 1. The fraction of sp³-hybridized carbons (Fsp3) is 0.571. The quantitative estimate of drug-likeness (QED) is 0.918. The van der Waals surface area contributed by atoms with Gasteiger partial charge in [-0.3, -0.25) is 4.90 Å². The molecule has 1 atom stereocenters. The smallest absolute Gasteiger partial charge is 0.137 e. The van der Waals surface area contributed by atoms with Crippen LogP contribution in [0.3, 0.4) is 0 Å². The predicted molar refractivity (Wildman–Crippen MR) is 76.1 cm³/mol. The largest absolute Gasteiger partial charge is 0.314 e. The van der Waals surface area contributed by atoms with E-state index in [2.05, 4.69) is 33.1 Å².